The fourth-order valence-corrected chi connectivity index (χ4v) is 3.76. The number of nitrogens with zero attached hydrogens (tertiary/aromatic N) is 1. The Morgan fingerprint density at radius 2 is 2.28 bits per heavy atom. The van der Waals surface area contributed by atoms with Gasteiger partial charge in [-0.05, 0) is 32.1 Å². The van der Waals surface area contributed by atoms with E-state index in [-0.39, 0.29) is 18.1 Å². The number of amides is 1. The molecule has 6 atom stereocenters. The molecule has 0 aliphatic carbocycles. The SMILES string of the molecule is CCC(C)C1NC(C)N(C2CC3CCC2O3)C1=O. The van der Waals surface area contributed by atoms with Crippen LogP contribution in [0.3, 0.4) is 0 Å². The average Bonchev–Trinajstić information content (AvgIpc) is 3.03. The summed E-state index contributed by atoms with van der Waals surface area (Å²) in [4.78, 5) is 14.7. The Bertz CT molecular complexity index is 347. The summed E-state index contributed by atoms with van der Waals surface area (Å²) in [6.07, 6.45) is 5.23. The Balaban J connectivity index is 1.75. The summed E-state index contributed by atoms with van der Waals surface area (Å²) in [5.74, 6) is 0.697. The summed E-state index contributed by atoms with van der Waals surface area (Å²) in [5, 5.41) is 3.46. The molecule has 3 rings (SSSR count). The van der Waals surface area contributed by atoms with Crippen molar-refractivity contribution in [3.8, 4) is 0 Å². The van der Waals surface area contributed by atoms with Gasteiger partial charge in [0.25, 0.3) is 0 Å². The fourth-order valence-electron chi connectivity index (χ4n) is 3.76. The molecule has 0 aromatic carbocycles. The minimum Gasteiger partial charge on any atom is -0.373 e. The Labute approximate surface area is 109 Å². The van der Waals surface area contributed by atoms with E-state index in [9.17, 15) is 4.79 Å². The van der Waals surface area contributed by atoms with E-state index in [1.807, 2.05) is 0 Å². The van der Waals surface area contributed by atoms with Crippen molar-refractivity contribution in [2.24, 2.45) is 5.92 Å². The molecule has 102 valence electrons. The van der Waals surface area contributed by atoms with Crippen LogP contribution in [0, 0.1) is 5.92 Å². The zero-order chi connectivity index (χ0) is 12.9. The smallest absolute Gasteiger partial charge is 0.241 e. The fraction of sp³-hybridized carbons (Fsp3) is 0.929. The first-order valence-electron chi connectivity index (χ1n) is 7.35. The molecule has 3 fully saturated rings. The summed E-state index contributed by atoms with van der Waals surface area (Å²) < 4.78 is 5.89. The van der Waals surface area contributed by atoms with E-state index in [2.05, 4.69) is 31.0 Å². The predicted molar refractivity (Wildman–Crippen MR) is 69.0 cm³/mol. The van der Waals surface area contributed by atoms with Crippen LogP contribution in [0.25, 0.3) is 0 Å². The Morgan fingerprint density at radius 1 is 1.50 bits per heavy atom. The van der Waals surface area contributed by atoms with Crippen LogP contribution in [0.2, 0.25) is 0 Å². The maximum atomic E-state index is 12.6. The first-order chi connectivity index (χ1) is 8.61. The lowest BCUT2D eigenvalue weighted by Crippen LogP contribution is -2.47. The van der Waals surface area contributed by atoms with Crippen LogP contribution in [-0.4, -0.2) is 41.3 Å². The van der Waals surface area contributed by atoms with Gasteiger partial charge in [0.05, 0.1) is 30.5 Å². The molecule has 6 unspecified atom stereocenters. The average molecular weight is 252 g/mol. The molecule has 0 saturated carbocycles. The van der Waals surface area contributed by atoms with Crippen molar-refractivity contribution in [1.82, 2.24) is 10.2 Å². The normalized spacial score (nSPS) is 44.9. The van der Waals surface area contributed by atoms with Gasteiger partial charge in [0.15, 0.2) is 0 Å². The summed E-state index contributed by atoms with van der Waals surface area (Å²) in [6.45, 7) is 6.41. The Hall–Kier alpha value is -0.610. The summed E-state index contributed by atoms with van der Waals surface area (Å²) in [5.41, 5.74) is 0. The lowest BCUT2D eigenvalue weighted by molar-refractivity contribution is -0.134. The molecular formula is C14H24N2O2. The van der Waals surface area contributed by atoms with Gasteiger partial charge in [0.2, 0.25) is 5.91 Å². The van der Waals surface area contributed by atoms with E-state index in [0.29, 0.717) is 24.2 Å². The molecule has 18 heavy (non-hydrogen) atoms. The van der Waals surface area contributed by atoms with Gasteiger partial charge in [0, 0.05) is 0 Å². The molecule has 4 nitrogen and oxygen atoms in total. The zero-order valence-corrected chi connectivity index (χ0v) is 11.6. The quantitative estimate of drug-likeness (QED) is 0.827. The van der Waals surface area contributed by atoms with Crippen LogP contribution in [0.4, 0.5) is 0 Å². The molecular weight excluding hydrogens is 228 g/mol. The number of rotatable bonds is 3. The van der Waals surface area contributed by atoms with Crippen LogP contribution in [0.15, 0.2) is 0 Å². The number of carbonyl (C=O) groups excluding carboxylic acids is 1. The first-order valence-corrected chi connectivity index (χ1v) is 7.35. The van der Waals surface area contributed by atoms with E-state index < -0.39 is 0 Å². The van der Waals surface area contributed by atoms with Gasteiger partial charge < -0.3 is 9.64 Å². The third-order valence-corrected chi connectivity index (χ3v) is 5.00. The molecule has 3 heterocycles. The maximum absolute atomic E-state index is 12.6. The monoisotopic (exact) mass is 252 g/mol. The van der Waals surface area contributed by atoms with Crippen molar-refractivity contribution in [3.63, 3.8) is 0 Å². The number of nitrogens with one attached hydrogen (secondary N) is 1. The van der Waals surface area contributed by atoms with Gasteiger partial charge in [-0.2, -0.15) is 0 Å². The molecule has 3 aliphatic heterocycles. The maximum Gasteiger partial charge on any atom is 0.241 e. The molecule has 1 amide bonds. The predicted octanol–water partition coefficient (Wildman–Crippen LogP) is 1.50. The van der Waals surface area contributed by atoms with E-state index in [0.717, 1.165) is 19.3 Å². The van der Waals surface area contributed by atoms with Gasteiger partial charge >= 0.3 is 0 Å². The second-order valence-electron chi connectivity index (χ2n) is 6.13. The second-order valence-corrected chi connectivity index (χ2v) is 6.13. The van der Waals surface area contributed by atoms with Crippen molar-refractivity contribution in [1.29, 1.82) is 0 Å². The van der Waals surface area contributed by atoms with Crippen molar-refractivity contribution in [2.45, 2.75) is 76.9 Å². The highest BCUT2D eigenvalue weighted by molar-refractivity contribution is 5.85. The first kappa shape index (κ1) is 12.4. The zero-order valence-electron chi connectivity index (χ0n) is 11.6. The van der Waals surface area contributed by atoms with Crippen LogP contribution >= 0.6 is 0 Å². The van der Waals surface area contributed by atoms with E-state index in [4.69, 9.17) is 4.74 Å². The van der Waals surface area contributed by atoms with Crippen LogP contribution in [-0.2, 0) is 9.53 Å². The highest BCUT2D eigenvalue weighted by Crippen LogP contribution is 2.39. The molecule has 0 radical (unpaired) electrons. The van der Waals surface area contributed by atoms with E-state index in [1.165, 1.54) is 6.42 Å². The Kier molecular flexibility index (Phi) is 3.10. The molecule has 1 N–H and O–H groups in total. The highest BCUT2D eigenvalue weighted by Gasteiger charge is 2.50. The molecule has 4 heteroatoms. The minimum absolute atomic E-state index is 0.00382. The van der Waals surface area contributed by atoms with Crippen molar-refractivity contribution in [2.75, 3.05) is 0 Å². The van der Waals surface area contributed by atoms with Gasteiger partial charge in [-0.3, -0.25) is 10.1 Å². The molecule has 2 bridgehead atoms. The van der Waals surface area contributed by atoms with Crippen LogP contribution in [0.1, 0.15) is 46.5 Å². The molecule has 0 aromatic rings. The lowest BCUT2D eigenvalue weighted by atomic mass is 9.93. The number of hydrogen-bond donors (Lipinski definition) is 1. The third kappa shape index (κ3) is 1.77. The van der Waals surface area contributed by atoms with Crippen LogP contribution in [0.5, 0.6) is 0 Å². The van der Waals surface area contributed by atoms with Crippen molar-refractivity contribution in [3.05, 3.63) is 0 Å². The topological polar surface area (TPSA) is 41.6 Å². The largest absolute Gasteiger partial charge is 0.373 e. The number of fused-ring (bicyclic) bond motifs is 2. The summed E-state index contributed by atoms with van der Waals surface area (Å²) in [7, 11) is 0. The Morgan fingerprint density at radius 3 is 2.83 bits per heavy atom. The lowest BCUT2D eigenvalue weighted by Gasteiger charge is -2.32. The molecule has 3 aliphatic rings. The number of carbonyl (C=O) groups is 1. The third-order valence-electron chi connectivity index (χ3n) is 5.00. The molecule has 0 spiro atoms. The standard InChI is InChI=1S/C14H24N2O2/c1-4-8(2)13-14(17)16(9(3)15-13)11-7-10-5-6-12(11)18-10/h8-13,15H,4-7H2,1-3H3. The highest BCUT2D eigenvalue weighted by atomic mass is 16.5. The number of ether oxygens (including phenoxy) is 1. The van der Waals surface area contributed by atoms with Crippen molar-refractivity contribution < 1.29 is 9.53 Å². The van der Waals surface area contributed by atoms with Gasteiger partial charge in [0.1, 0.15) is 0 Å². The number of hydrogen-bond acceptors (Lipinski definition) is 3. The van der Waals surface area contributed by atoms with Crippen molar-refractivity contribution >= 4 is 5.91 Å². The van der Waals surface area contributed by atoms with E-state index in [1.54, 1.807) is 0 Å². The second kappa shape index (κ2) is 4.49. The summed E-state index contributed by atoms with van der Waals surface area (Å²) in [6, 6.07) is 0.317. The minimum atomic E-state index is 0.00382. The van der Waals surface area contributed by atoms with Gasteiger partial charge in [-0.15, -0.1) is 0 Å². The molecule has 3 saturated heterocycles. The van der Waals surface area contributed by atoms with Crippen LogP contribution < -0.4 is 5.32 Å². The van der Waals surface area contributed by atoms with E-state index >= 15 is 0 Å². The van der Waals surface area contributed by atoms with Gasteiger partial charge in [-0.1, -0.05) is 20.3 Å². The summed E-state index contributed by atoms with van der Waals surface area (Å²) >= 11 is 0. The molecule has 0 aromatic heterocycles. The van der Waals surface area contributed by atoms with Gasteiger partial charge in [-0.25, -0.2) is 0 Å².